The van der Waals surface area contributed by atoms with Crippen molar-refractivity contribution in [2.75, 3.05) is 19.6 Å². The first-order chi connectivity index (χ1) is 12.0. The maximum atomic E-state index is 13.8. The average molecular weight is 345 g/mol. The van der Waals surface area contributed by atoms with E-state index in [-0.39, 0.29) is 30.3 Å². The van der Waals surface area contributed by atoms with E-state index in [1.165, 1.54) is 15.6 Å². The molecule has 1 fully saturated rings. The molecule has 0 radical (unpaired) electrons. The molecule has 0 spiro atoms. The summed E-state index contributed by atoms with van der Waals surface area (Å²) in [5.41, 5.74) is 1.09. The lowest BCUT2D eigenvalue weighted by molar-refractivity contribution is -0.121. The molecule has 7 nitrogen and oxygen atoms in total. The standard InChI is InChI=1S/C17H20FN5O2/c1-12(21-17(25)22-8-4-7-19-16(24)11-22)13-9-20-23(10-13)15-6-3-2-5-14(15)18/h2-3,5-6,9-10,12H,4,7-8,11H2,1H3,(H,19,24)(H,21,25)/t12-/m1/s1. The molecular weight excluding hydrogens is 325 g/mol. The molecule has 1 aliphatic heterocycles. The van der Waals surface area contributed by atoms with E-state index >= 15 is 0 Å². The molecule has 25 heavy (non-hydrogen) atoms. The second kappa shape index (κ2) is 7.33. The Bertz CT molecular complexity index is 776. The van der Waals surface area contributed by atoms with Crippen molar-refractivity contribution >= 4 is 11.9 Å². The van der Waals surface area contributed by atoms with Crippen LogP contribution in [0, 0.1) is 5.82 Å². The minimum atomic E-state index is -0.371. The van der Waals surface area contributed by atoms with Crippen molar-refractivity contribution in [1.29, 1.82) is 0 Å². The van der Waals surface area contributed by atoms with Crippen LogP contribution in [0.3, 0.4) is 0 Å². The fourth-order valence-electron chi connectivity index (χ4n) is 2.67. The van der Waals surface area contributed by atoms with Crippen LogP contribution in [0.4, 0.5) is 9.18 Å². The fraction of sp³-hybridized carbons (Fsp3) is 0.353. The van der Waals surface area contributed by atoms with Crippen molar-refractivity contribution in [3.8, 4) is 5.69 Å². The van der Waals surface area contributed by atoms with Gasteiger partial charge in [-0.1, -0.05) is 12.1 Å². The zero-order valence-electron chi connectivity index (χ0n) is 13.9. The van der Waals surface area contributed by atoms with Crippen LogP contribution in [-0.4, -0.2) is 46.3 Å². The molecule has 1 atom stereocenters. The number of carbonyl (C=O) groups excluding carboxylic acids is 2. The second-order valence-corrected chi connectivity index (χ2v) is 5.97. The van der Waals surface area contributed by atoms with E-state index in [9.17, 15) is 14.0 Å². The molecule has 3 rings (SSSR count). The monoisotopic (exact) mass is 345 g/mol. The summed E-state index contributed by atoms with van der Waals surface area (Å²) in [6.45, 7) is 2.96. The van der Waals surface area contributed by atoms with Crippen molar-refractivity contribution in [3.05, 3.63) is 48.0 Å². The lowest BCUT2D eigenvalue weighted by Gasteiger charge is -2.22. The van der Waals surface area contributed by atoms with E-state index in [4.69, 9.17) is 0 Å². The maximum Gasteiger partial charge on any atom is 0.318 e. The molecule has 2 aromatic rings. The summed E-state index contributed by atoms with van der Waals surface area (Å²) >= 11 is 0. The summed E-state index contributed by atoms with van der Waals surface area (Å²) < 4.78 is 15.3. The van der Waals surface area contributed by atoms with Gasteiger partial charge in [0.15, 0.2) is 0 Å². The Balaban J connectivity index is 1.67. The molecule has 3 amide bonds. The summed E-state index contributed by atoms with van der Waals surface area (Å²) in [5, 5.41) is 9.75. The molecule has 0 bridgehead atoms. The minimum Gasteiger partial charge on any atom is -0.354 e. The Morgan fingerprint density at radius 1 is 1.40 bits per heavy atom. The number of nitrogens with zero attached hydrogens (tertiary/aromatic N) is 3. The number of carbonyl (C=O) groups is 2. The Morgan fingerprint density at radius 2 is 2.20 bits per heavy atom. The fourth-order valence-corrected chi connectivity index (χ4v) is 2.67. The van der Waals surface area contributed by atoms with Gasteiger partial charge in [0.05, 0.1) is 12.2 Å². The smallest absolute Gasteiger partial charge is 0.318 e. The van der Waals surface area contributed by atoms with Crippen molar-refractivity contribution in [2.24, 2.45) is 0 Å². The molecule has 8 heteroatoms. The van der Waals surface area contributed by atoms with Crippen molar-refractivity contribution in [1.82, 2.24) is 25.3 Å². The summed E-state index contributed by atoms with van der Waals surface area (Å²) in [4.78, 5) is 25.4. The summed E-state index contributed by atoms with van der Waals surface area (Å²) in [6, 6.07) is 5.72. The number of aromatic nitrogens is 2. The number of benzene rings is 1. The molecule has 2 N–H and O–H groups in total. The SMILES string of the molecule is C[C@@H](NC(=O)N1CCCNC(=O)C1)c1cnn(-c2ccccc2F)c1. The largest absolute Gasteiger partial charge is 0.354 e. The molecule has 1 aliphatic rings. The molecule has 0 aliphatic carbocycles. The molecule has 2 heterocycles. The van der Waals surface area contributed by atoms with Crippen LogP contribution in [0.25, 0.3) is 5.69 Å². The second-order valence-electron chi connectivity index (χ2n) is 5.97. The van der Waals surface area contributed by atoms with E-state index in [2.05, 4.69) is 15.7 Å². The van der Waals surface area contributed by atoms with Gasteiger partial charge in [0, 0.05) is 24.8 Å². The number of nitrogens with one attached hydrogen (secondary N) is 2. The average Bonchev–Trinajstić information content (AvgIpc) is 2.97. The van der Waals surface area contributed by atoms with Gasteiger partial charge in [0.2, 0.25) is 5.91 Å². The van der Waals surface area contributed by atoms with Gasteiger partial charge in [0.25, 0.3) is 0 Å². The molecule has 132 valence electrons. The third-order valence-corrected chi connectivity index (χ3v) is 4.09. The first kappa shape index (κ1) is 16.9. The lowest BCUT2D eigenvalue weighted by Crippen LogP contribution is -2.44. The minimum absolute atomic E-state index is 0.0487. The van der Waals surface area contributed by atoms with Crippen LogP contribution >= 0.6 is 0 Å². The van der Waals surface area contributed by atoms with Crippen LogP contribution in [0.1, 0.15) is 24.9 Å². The van der Waals surface area contributed by atoms with Gasteiger partial charge in [-0.3, -0.25) is 4.79 Å². The molecule has 0 saturated carbocycles. The number of amides is 3. The number of hydrogen-bond acceptors (Lipinski definition) is 3. The Kier molecular flexibility index (Phi) is 4.97. The van der Waals surface area contributed by atoms with Crippen LogP contribution < -0.4 is 10.6 Å². The molecule has 1 saturated heterocycles. The molecule has 0 unspecified atom stereocenters. The van der Waals surface area contributed by atoms with Crippen LogP contribution in [0.2, 0.25) is 0 Å². The van der Waals surface area contributed by atoms with Gasteiger partial charge in [-0.15, -0.1) is 0 Å². The third-order valence-electron chi connectivity index (χ3n) is 4.09. The van der Waals surface area contributed by atoms with Gasteiger partial charge < -0.3 is 15.5 Å². The van der Waals surface area contributed by atoms with Crippen LogP contribution in [0.15, 0.2) is 36.7 Å². The van der Waals surface area contributed by atoms with Gasteiger partial charge in [-0.2, -0.15) is 5.10 Å². The van der Waals surface area contributed by atoms with E-state index in [1.54, 1.807) is 30.6 Å². The first-order valence-corrected chi connectivity index (χ1v) is 8.16. The van der Waals surface area contributed by atoms with Gasteiger partial charge in [-0.25, -0.2) is 13.9 Å². The zero-order chi connectivity index (χ0) is 17.8. The highest BCUT2D eigenvalue weighted by molar-refractivity contribution is 5.84. The Labute approximate surface area is 144 Å². The number of para-hydroxylation sites is 1. The topological polar surface area (TPSA) is 79.3 Å². The summed E-state index contributed by atoms with van der Waals surface area (Å²) in [5.74, 6) is -0.530. The van der Waals surface area contributed by atoms with Gasteiger partial charge in [-0.05, 0) is 25.5 Å². The highest BCUT2D eigenvalue weighted by atomic mass is 19.1. The summed E-state index contributed by atoms with van der Waals surface area (Å²) in [6.07, 6.45) is 3.99. The quantitative estimate of drug-likeness (QED) is 0.887. The predicted molar refractivity (Wildman–Crippen MR) is 89.7 cm³/mol. The third kappa shape index (κ3) is 3.96. The molecule has 1 aromatic carbocycles. The number of halogens is 1. The highest BCUT2D eigenvalue weighted by Crippen LogP contribution is 2.17. The summed E-state index contributed by atoms with van der Waals surface area (Å²) in [7, 11) is 0. The lowest BCUT2D eigenvalue weighted by atomic mass is 10.2. The van der Waals surface area contributed by atoms with Crippen molar-refractivity contribution < 1.29 is 14.0 Å². The predicted octanol–water partition coefficient (Wildman–Crippen LogP) is 1.60. The Morgan fingerprint density at radius 3 is 3.00 bits per heavy atom. The number of urea groups is 1. The van der Waals surface area contributed by atoms with Crippen LogP contribution in [-0.2, 0) is 4.79 Å². The van der Waals surface area contributed by atoms with Crippen LogP contribution in [0.5, 0.6) is 0 Å². The number of hydrogen-bond donors (Lipinski definition) is 2. The molecule has 1 aromatic heterocycles. The van der Waals surface area contributed by atoms with Gasteiger partial charge in [0.1, 0.15) is 18.0 Å². The Hall–Kier alpha value is -2.90. The zero-order valence-corrected chi connectivity index (χ0v) is 13.9. The number of rotatable bonds is 3. The van der Waals surface area contributed by atoms with E-state index < -0.39 is 0 Å². The normalized spacial score (nSPS) is 16.1. The van der Waals surface area contributed by atoms with E-state index in [0.717, 1.165) is 12.0 Å². The maximum absolute atomic E-state index is 13.8. The van der Waals surface area contributed by atoms with Crippen molar-refractivity contribution in [2.45, 2.75) is 19.4 Å². The molecular formula is C17H20FN5O2. The van der Waals surface area contributed by atoms with Gasteiger partial charge >= 0.3 is 6.03 Å². The van der Waals surface area contributed by atoms with E-state index in [1.807, 2.05) is 6.92 Å². The highest BCUT2D eigenvalue weighted by Gasteiger charge is 2.21. The van der Waals surface area contributed by atoms with E-state index in [0.29, 0.717) is 18.8 Å². The first-order valence-electron chi connectivity index (χ1n) is 8.16. The van der Waals surface area contributed by atoms with Crippen molar-refractivity contribution in [3.63, 3.8) is 0 Å².